The molecule has 0 bridgehead atoms. The van der Waals surface area contributed by atoms with Gasteiger partial charge in [0.25, 0.3) is 0 Å². The van der Waals surface area contributed by atoms with Crippen molar-refractivity contribution in [3.8, 4) is 5.75 Å². The second-order valence-electron chi connectivity index (χ2n) is 5.68. The van der Waals surface area contributed by atoms with Crippen LogP contribution >= 0.6 is 11.8 Å². The van der Waals surface area contributed by atoms with Gasteiger partial charge in [-0.25, -0.2) is 0 Å². The van der Waals surface area contributed by atoms with E-state index < -0.39 is 0 Å². The molecule has 2 aromatic rings. The molecule has 0 N–H and O–H groups in total. The summed E-state index contributed by atoms with van der Waals surface area (Å²) >= 11 is 1.94. The first-order valence-electron chi connectivity index (χ1n) is 7.40. The molecule has 3 rings (SSSR count). The highest BCUT2D eigenvalue weighted by Crippen LogP contribution is 2.50. The van der Waals surface area contributed by atoms with Crippen LogP contribution < -0.4 is 14.5 Å². The number of methoxy groups -OCH3 is 1. The van der Waals surface area contributed by atoms with E-state index in [0.717, 1.165) is 11.5 Å². The quantitative estimate of drug-likeness (QED) is 0.840. The van der Waals surface area contributed by atoms with Gasteiger partial charge in [0.15, 0.2) is 4.99 Å². The van der Waals surface area contributed by atoms with Crippen LogP contribution in [0.25, 0.3) is 0 Å². The first-order chi connectivity index (χ1) is 10.6. The molecule has 0 amide bonds. The predicted octanol–water partition coefficient (Wildman–Crippen LogP) is 4.19. The van der Waals surface area contributed by atoms with Gasteiger partial charge < -0.3 is 14.5 Å². The van der Waals surface area contributed by atoms with E-state index in [1.807, 2.05) is 17.8 Å². The molecule has 4 heteroatoms. The van der Waals surface area contributed by atoms with E-state index >= 15 is 0 Å². The Bertz CT molecular complexity index is 661. The Morgan fingerprint density at radius 3 is 2.36 bits per heavy atom. The van der Waals surface area contributed by atoms with Crippen LogP contribution in [0, 0.1) is 0 Å². The fourth-order valence-corrected chi connectivity index (χ4v) is 4.06. The van der Waals surface area contributed by atoms with Gasteiger partial charge >= 0.3 is 0 Å². The minimum atomic E-state index is -0.107. The molecule has 1 aliphatic heterocycles. The first-order valence-corrected chi connectivity index (χ1v) is 8.38. The lowest BCUT2D eigenvalue weighted by atomic mass is 10.2. The fraction of sp³-hybridized carbons (Fsp3) is 0.333. The van der Waals surface area contributed by atoms with E-state index in [-0.39, 0.29) is 4.99 Å². The molecule has 116 valence electrons. The molecule has 0 aliphatic carbocycles. The summed E-state index contributed by atoms with van der Waals surface area (Å²) in [6, 6.07) is 16.9. The van der Waals surface area contributed by atoms with Crippen LogP contribution in [0.2, 0.25) is 0 Å². The number of anilines is 2. The molecule has 1 unspecified atom stereocenters. The van der Waals surface area contributed by atoms with Crippen LogP contribution in [0.5, 0.6) is 5.75 Å². The van der Waals surface area contributed by atoms with Crippen molar-refractivity contribution in [3.63, 3.8) is 0 Å². The molecule has 22 heavy (non-hydrogen) atoms. The van der Waals surface area contributed by atoms with Crippen LogP contribution in [0.3, 0.4) is 0 Å². The fourth-order valence-electron chi connectivity index (χ4n) is 2.84. The standard InChI is InChI=1S/C18H22N2OS/c1-18(22-13-14-8-6-5-7-9-14)19(2)16-11-10-15(21-4)12-17(16)20(18)3/h5-12H,13H2,1-4H3. The van der Waals surface area contributed by atoms with Gasteiger partial charge in [-0.1, -0.05) is 30.3 Å². The highest BCUT2D eigenvalue weighted by Gasteiger charge is 2.42. The number of nitrogens with zero attached hydrogens (tertiary/aromatic N) is 2. The minimum Gasteiger partial charge on any atom is -0.497 e. The molecule has 0 aromatic heterocycles. The Kier molecular flexibility index (Phi) is 3.96. The second kappa shape index (κ2) is 5.76. The number of hydrogen-bond acceptors (Lipinski definition) is 4. The molecule has 1 heterocycles. The van der Waals surface area contributed by atoms with Crippen LogP contribution in [-0.2, 0) is 5.75 Å². The summed E-state index contributed by atoms with van der Waals surface area (Å²) in [5.74, 6) is 1.88. The highest BCUT2D eigenvalue weighted by atomic mass is 32.2. The van der Waals surface area contributed by atoms with Crippen LogP contribution in [0.4, 0.5) is 11.4 Å². The van der Waals surface area contributed by atoms with E-state index in [1.54, 1.807) is 7.11 Å². The lowest BCUT2D eigenvalue weighted by Gasteiger charge is -2.39. The minimum absolute atomic E-state index is 0.107. The Morgan fingerprint density at radius 2 is 1.68 bits per heavy atom. The average molecular weight is 314 g/mol. The highest BCUT2D eigenvalue weighted by molar-refractivity contribution is 8.00. The molecule has 1 atom stereocenters. The summed E-state index contributed by atoms with van der Waals surface area (Å²) in [5, 5.41) is 0. The van der Waals surface area contributed by atoms with E-state index in [9.17, 15) is 0 Å². The van der Waals surface area contributed by atoms with Crippen LogP contribution in [-0.4, -0.2) is 26.2 Å². The average Bonchev–Trinajstić information content (AvgIpc) is 2.76. The third-order valence-corrected chi connectivity index (χ3v) is 6.08. The topological polar surface area (TPSA) is 15.7 Å². The van der Waals surface area contributed by atoms with Gasteiger partial charge in [0.05, 0.1) is 18.5 Å². The second-order valence-corrected chi connectivity index (χ2v) is 7.03. The normalized spacial score (nSPS) is 20.2. The maximum Gasteiger partial charge on any atom is 0.158 e. The van der Waals surface area contributed by atoms with Crippen LogP contribution in [0.1, 0.15) is 12.5 Å². The SMILES string of the molecule is COc1ccc2c(c1)N(C)C(C)(SCc1ccccc1)N2C. The van der Waals surface area contributed by atoms with Crippen molar-refractivity contribution in [1.29, 1.82) is 0 Å². The number of benzene rings is 2. The van der Waals surface area contributed by atoms with E-state index in [1.165, 1.54) is 16.9 Å². The third-order valence-electron chi connectivity index (χ3n) is 4.51. The lowest BCUT2D eigenvalue weighted by Crippen LogP contribution is -2.49. The molecule has 0 fully saturated rings. The number of rotatable bonds is 4. The van der Waals surface area contributed by atoms with Crippen molar-refractivity contribution in [2.45, 2.75) is 17.7 Å². The predicted molar refractivity (Wildman–Crippen MR) is 95.9 cm³/mol. The monoisotopic (exact) mass is 314 g/mol. The Morgan fingerprint density at radius 1 is 1.00 bits per heavy atom. The van der Waals surface area contributed by atoms with E-state index in [0.29, 0.717) is 0 Å². The summed E-state index contributed by atoms with van der Waals surface area (Å²) in [6.45, 7) is 2.27. The largest absolute Gasteiger partial charge is 0.497 e. The maximum atomic E-state index is 5.37. The van der Waals surface area contributed by atoms with E-state index in [2.05, 4.69) is 73.3 Å². The summed E-state index contributed by atoms with van der Waals surface area (Å²) in [5.41, 5.74) is 3.81. The number of ether oxygens (including phenoxy) is 1. The van der Waals surface area contributed by atoms with Gasteiger partial charge in [0, 0.05) is 25.9 Å². The first kappa shape index (κ1) is 15.1. The smallest absolute Gasteiger partial charge is 0.158 e. The van der Waals surface area contributed by atoms with Gasteiger partial charge in [-0.3, -0.25) is 0 Å². The molecular weight excluding hydrogens is 292 g/mol. The summed E-state index contributed by atoms with van der Waals surface area (Å²) in [6.07, 6.45) is 0. The Balaban J connectivity index is 1.85. The Labute approximate surface area is 136 Å². The molecule has 2 aromatic carbocycles. The van der Waals surface area contributed by atoms with Crippen molar-refractivity contribution < 1.29 is 4.74 Å². The molecule has 3 nitrogen and oxygen atoms in total. The van der Waals surface area contributed by atoms with Crippen molar-refractivity contribution in [3.05, 3.63) is 54.1 Å². The zero-order valence-corrected chi connectivity index (χ0v) is 14.4. The van der Waals surface area contributed by atoms with Crippen LogP contribution in [0.15, 0.2) is 48.5 Å². The molecule has 0 saturated carbocycles. The van der Waals surface area contributed by atoms with Gasteiger partial charge in [0.1, 0.15) is 5.75 Å². The third kappa shape index (κ3) is 2.41. The molecule has 0 saturated heterocycles. The molecule has 0 radical (unpaired) electrons. The zero-order valence-electron chi connectivity index (χ0n) is 13.5. The van der Waals surface area contributed by atoms with Crippen molar-refractivity contribution in [1.82, 2.24) is 0 Å². The summed E-state index contributed by atoms with van der Waals surface area (Å²) < 4.78 is 5.37. The number of hydrogen-bond donors (Lipinski definition) is 0. The number of thioether (sulfide) groups is 1. The Hall–Kier alpha value is -1.81. The van der Waals surface area contributed by atoms with Crippen molar-refractivity contribution in [2.24, 2.45) is 0 Å². The number of fused-ring (bicyclic) bond motifs is 1. The molecular formula is C18H22N2OS. The molecule has 0 spiro atoms. The van der Waals surface area contributed by atoms with E-state index in [4.69, 9.17) is 4.74 Å². The summed E-state index contributed by atoms with van der Waals surface area (Å²) in [4.78, 5) is 4.57. The van der Waals surface area contributed by atoms with Crippen molar-refractivity contribution in [2.75, 3.05) is 31.0 Å². The van der Waals surface area contributed by atoms with Gasteiger partial charge in [-0.15, -0.1) is 11.8 Å². The van der Waals surface area contributed by atoms with Gasteiger partial charge in [-0.05, 0) is 24.6 Å². The summed E-state index contributed by atoms with van der Waals surface area (Å²) in [7, 11) is 6.02. The van der Waals surface area contributed by atoms with Crippen molar-refractivity contribution >= 4 is 23.1 Å². The van der Waals surface area contributed by atoms with Gasteiger partial charge in [0.2, 0.25) is 0 Å². The van der Waals surface area contributed by atoms with Gasteiger partial charge in [-0.2, -0.15) is 0 Å². The lowest BCUT2D eigenvalue weighted by molar-refractivity contribution is 0.415. The maximum absolute atomic E-state index is 5.37. The molecule has 1 aliphatic rings. The zero-order chi connectivity index (χ0) is 15.7.